The summed E-state index contributed by atoms with van der Waals surface area (Å²) in [5.41, 5.74) is 1.34. The molecule has 0 spiro atoms. The molecule has 1 atom stereocenters. The minimum absolute atomic E-state index is 0.252. The minimum atomic E-state index is -1.95. The fourth-order valence-corrected chi connectivity index (χ4v) is 3.68. The molecule has 1 unspecified atom stereocenters. The fourth-order valence-electron chi connectivity index (χ4n) is 3.68. The van der Waals surface area contributed by atoms with Crippen molar-refractivity contribution < 1.29 is 19.1 Å². The summed E-state index contributed by atoms with van der Waals surface area (Å²) in [7, 11) is 0. The summed E-state index contributed by atoms with van der Waals surface area (Å²) in [6.07, 6.45) is -0.404. The molecule has 0 bridgehead atoms. The van der Waals surface area contributed by atoms with E-state index >= 15 is 0 Å². The van der Waals surface area contributed by atoms with Gasteiger partial charge in [-0.05, 0) is 42.8 Å². The maximum absolute atomic E-state index is 13.2. The minimum Gasteiger partial charge on any atom is -0.375 e. The Morgan fingerprint density at radius 2 is 1.66 bits per heavy atom. The average molecular weight is 389 g/mol. The number of ketones is 1. The highest BCUT2D eigenvalue weighted by molar-refractivity contribution is 6.10. The summed E-state index contributed by atoms with van der Waals surface area (Å²) in [5.74, 6) is -1.41. The molecule has 3 aromatic carbocycles. The molecule has 1 aliphatic rings. The number of aliphatic hydroxyl groups is 1. The van der Waals surface area contributed by atoms with Crippen molar-refractivity contribution in [1.82, 2.24) is 0 Å². The number of anilines is 1. The number of carbonyl (C=O) groups is 2. The Morgan fingerprint density at radius 3 is 2.34 bits per heavy atom. The van der Waals surface area contributed by atoms with E-state index in [9.17, 15) is 19.1 Å². The molecule has 3 aromatic rings. The number of halogens is 1. The molecule has 1 N–H and O–H groups in total. The van der Waals surface area contributed by atoms with Gasteiger partial charge in [0, 0.05) is 11.1 Å². The van der Waals surface area contributed by atoms with Gasteiger partial charge in [-0.2, -0.15) is 0 Å². The van der Waals surface area contributed by atoms with E-state index in [4.69, 9.17) is 0 Å². The molecule has 0 aromatic heterocycles. The molecule has 29 heavy (non-hydrogen) atoms. The molecule has 146 valence electrons. The SMILES string of the molecule is Cc1ccc(CN2C(=O)C(O)(CC(=O)c3ccc(F)cc3)c3ccccc32)cc1. The van der Waals surface area contributed by atoms with Gasteiger partial charge in [0.2, 0.25) is 0 Å². The van der Waals surface area contributed by atoms with Crippen molar-refractivity contribution >= 4 is 17.4 Å². The molecule has 5 heteroatoms. The molecule has 4 nitrogen and oxygen atoms in total. The summed E-state index contributed by atoms with van der Waals surface area (Å²) >= 11 is 0. The number of aryl methyl sites for hydroxylation is 1. The maximum atomic E-state index is 13.2. The second-order valence-corrected chi connectivity index (χ2v) is 7.36. The van der Waals surface area contributed by atoms with Gasteiger partial charge in [-0.3, -0.25) is 9.59 Å². The highest BCUT2D eigenvalue weighted by Gasteiger charge is 2.50. The van der Waals surface area contributed by atoms with Crippen LogP contribution in [0.5, 0.6) is 0 Å². The number of benzene rings is 3. The zero-order valence-electron chi connectivity index (χ0n) is 15.9. The van der Waals surface area contributed by atoms with Gasteiger partial charge in [0.1, 0.15) is 5.82 Å². The van der Waals surface area contributed by atoms with Crippen LogP contribution in [-0.2, 0) is 16.9 Å². The van der Waals surface area contributed by atoms with Gasteiger partial charge >= 0.3 is 0 Å². The lowest BCUT2D eigenvalue weighted by molar-refractivity contribution is -0.136. The Hall–Kier alpha value is -3.31. The number of amides is 1. The number of Topliss-reactive ketones (excluding diaryl/α,β-unsaturated/α-hetero) is 1. The van der Waals surface area contributed by atoms with Gasteiger partial charge in [-0.1, -0.05) is 48.0 Å². The standard InChI is InChI=1S/C24H20FNO3/c1-16-6-8-17(9-7-16)15-26-21-5-3-2-4-20(21)24(29,23(26)28)14-22(27)18-10-12-19(25)13-11-18/h2-13,29H,14-15H2,1H3. The average Bonchev–Trinajstić information content (AvgIpc) is 2.92. The van der Waals surface area contributed by atoms with Crippen LogP contribution in [0, 0.1) is 12.7 Å². The van der Waals surface area contributed by atoms with E-state index in [1.807, 2.05) is 31.2 Å². The van der Waals surface area contributed by atoms with E-state index in [0.29, 0.717) is 17.8 Å². The van der Waals surface area contributed by atoms with Crippen LogP contribution in [-0.4, -0.2) is 16.8 Å². The number of nitrogens with zero attached hydrogens (tertiary/aromatic N) is 1. The predicted octanol–water partition coefficient (Wildman–Crippen LogP) is 4.14. The topological polar surface area (TPSA) is 57.6 Å². The number of hydrogen-bond acceptors (Lipinski definition) is 3. The lowest BCUT2D eigenvalue weighted by Crippen LogP contribution is -2.41. The van der Waals surface area contributed by atoms with Gasteiger partial charge in [0.15, 0.2) is 11.4 Å². The summed E-state index contributed by atoms with van der Waals surface area (Å²) in [6, 6.07) is 19.8. The van der Waals surface area contributed by atoms with Crippen molar-refractivity contribution in [3.8, 4) is 0 Å². The van der Waals surface area contributed by atoms with Gasteiger partial charge in [0.25, 0.3) is 5.91 Å². The molecule has 0 radical (unpaired) electrons. The normalized spacial score (nSPS) is 18.0. The molecule has 1 amide bonds. The van der Waals surface area contributed by atoms with Crippen molar-refractivity contribution in [2.75, 3.05) is 4.90 Å². The summed E-state index contributed by atoms with van der Waals surface area (Å²) in [6.45, 7) is 2.28. The lowest BCUT2D eigenvalue weighted by Gasteiger charge is -2.23. The summed E-state index contributed by atoms with van der Waals surface area (Å²) in [5, 5.41) is 11.3. The van der Waals surface area contributed by atoms with Crippen molar-refractivity contribution in [2.24, 2.45) is 0 Å². The van der Waals surface area contributed by atoms with E-state index in [1.54, 1.807) is 24.3 Å². The van der Waals surface area contributed by atoms with Crippen LogP contribution in [0.25, 0.3) is 0 Å². The predicted molar refractivity (Wildman–Crippen MR) is 108 cm³/mol. The zero-order chi connectivity index (χ0) is 20.6. The lowest BCUT2D eigenvalue weighted by atomic mass is 9.88. The maximum Gasteiger partial charge on any atom is 0.264 e. The third-order valence-electron chi connectivity index (χ3n) is 5.28. The molecule has 0 saturated heterocycles. The van der Waals surface area contributed by atoms with E-state index in [0.717, 1.165) is 11.1 Å². The van der Waals surface area contributed by atoms with Crippen molar-refractivity contribution in [2.45, 2.75) is 25.5 Å². The van der Waals surface area contributed by atoms with Gasteiger partial charge < -0.3 is 10.0 Å². The number of carbonyl (C=O) groups excluding carboxylic acids is 2. The van der Waals surface area contributed by atoms with Crippen LogP contribution in [0.4, 0.5) is 10.1 Å². The van der Waals surface area contributed by atoms with Crippen molar-refractivity contribution in [3.05, 3.63) is 101 Å². The van der Waals surface area contributed by atoms with Gasteiger partial charge in [-0.25, -0.2) is 4.39 Å². The van der Waals surface area contributed by atoms with Crippen LogP contribution in [0.2, 0.25) is 0 Å². The Kier molecular flexibility index (Phi) is 4.76. The van der Waals surface area contributed by atoms with Crippen molar-refractivity contribution in [1.29, 1.82) is 0 Å². The first-order valence-electron chi connectivity index (χ1n) is 9.37. The molecule has 0 aliphatic carbocycles. The summed E-state index contributed by atoms with van der Waals surface area (Å²) in [4.78, 5) is 27.5. The van der Waals surface area contributed by atoms with Gasteiger partial charge in [-0.15, -0.1) is 0 Å². The monoisotopic (exact) mass is 389 g/mol. The van der Waals surface area contributed by atoms with Gasteiger partial charge in [0.05, 0.1) is 18.7 Å². The number of fused-ring (bicyclic) bond motifs is 1. The molecular formula is C24H20FNO3. The zero-order valence-corrected chi connectivity index (χ0v) is 15.9. The first kappa shape index (κ1) is 19.0. The third kappa shape index (κ3) is 3.45. The molecule has 0 fully saturated rings. The molecule has 1 aliphatic heterocycles. The number of para-hydroxylation sites is 1. The van der Waals surface area contributed by atoms with Crippen LogP contribution >= 0.6 is 0 Å². The molecule has 0 saturated carbocycles. The second-order valence-electron chi connectivity index (χ2n) is 7.36. The fraction of sp³-hybridized carbons (Fsp3) is 0.167. The first-order valence-corrected chi connectivity index (χ1v) is 9.37. The highest BCUT2D eigenvalue weighted by atomic mass is 19.1. The van der Waals surface area contributed by atoms with Crippen LogP contribution in [0.15, 0.2) is 72.8 Å². The Labute approximate surface area is 168 Å². The molecule has 1 heterocycles. The van der Waals surface area contributed by atoms with E-state index in [-0.39, 0.29) is 5.56 Å². The van der Waals surface area contributed by atoms with Crippen molar-refractivity contribution in [3.63, 3.8) is 0 Å². The molecular weight excluding hydrogens is 369 g/mol. The van der Waals surface area contributed by atoms with Crippen LogP contribution in [0.3, 0.4) is 0 Å². The van der Waals surface area contributed by atoms with E-state index in [1.165, 1.54) is 29.2 Å². The third-order valence-corrected chi connectivity index (χ3v) is 5.28. The highest BCUT2D eigenvalue weighted by Crippen LogP contribution is 2.43. The summed E-state index contributed by atoms with van der Waals surface area (Å²) < 4.78 is 13.2. The first-order chi connectivity index (χ1) is 13.9. The van der Waals surface area contributed by atoms with E-state index in [2.05, 4.69) is 0 Å². The Morgan fingerprint density at radius 1 is 1.00 bits per heavy atom. The van der Waals surface area contributed by atoms with Crippen LogP contribution in [0.1, 0.15) is 33.5 Å². The number of rotatable bonds is 5. The van der Waals surface area contributed by atoms with E-state index < -0.39 is 29.5 Å². The second kappa shape index (κ2) is 7.26. The van der Waals surface area contributed by atoms with Crippen LogP contribution < -0.4 is 4.90 Å². The smallest absolute Gasteiger partial charge is 0.264 e. The Balaban J connectivity index is 1.66. The number of hydrogen-bond donors (Lipinski definition) is 1. The largest absolute Gasteiger partial charge is 0.375 e. The molecule has 4 rings (SSSR count). The Bertz CT molecular complexity index is 1080. The quantitative estimate of drug-likeness (QED) is 0.667.